The Kier molecular flexibility index (Phi) is 5.33. The Bertz CT molecular complexity index is 229. The predicted molar refractivity (Wildman–Crippen MR) is 34.0 cm³/mol. The molecule has 2 nitrogen and oxygen atoms in total. The normalized spacial score (nSPS) is 8.60. The topological polar surface area (TPSA) is 26.9 Å². The molecular formula is C6H5ClNORb. The molecule has 4 heteroatoms. The smallest absolute Gasteiger partial charge is 0.621 e. The van der Waals surface area contributed by atoms with E-state index < -0.39 is 0 Å². The van der Waals surface area contributed by atoms with Gasteiger partial charge in [0.25, 0.3) is 0 Å². The summed E-state index contributed by atoms with van der Waals surface area (Å²) in [6.07, 6.45) is 1.36. The summed E-state index contributed by atoms with van der Waals surface area (Å²) >= 11 is 5.51. The Labute approximate surface area is 114 Å². The van der Waals surface area contributed by atoms with Crippen molar-refractivity contribution in [1.29, 1.82) is 0 Å². The number of halogens is 1. The molecule has 0 aliphatic heterocycles. The van der Waals surface area contributed by atoms with Crippen LogP contribution in [-0.2, 0) is 0 Å². The second-order valence-corrected chi connectivity index (χ2v) is 2.11. The van der Waals surface area contributed by atoms with E-state index in [1.807, 2.05) is 0 Å². The van der Waals surface area contributed by atoms with E-state index in [4.69, 9.17) is 11.6 Å². The van der Waals surface area contributed by atoms with Crippen LogP contribution < -0.4 is 62.9 Å². The van der Waals surface area contributed by atoms with Crippen molar-refractivity contribution in [2.45, 2.75) is 6.92 Å². The third kappa shape index (κ3) is 2.97. The van der Waals surface area contributed by atoms with Gasteiger partial charge in [0.2, 0.25) is 0 Å². The maximum absolute atomic E-state index is 10.6. The van der Waals surface area contributed by atoms with Crippen molar-refractivity contribution in [2.75, 3.05) is 0 Å². The Balaban J connectivity index is 0.000000810. The van der Waals surface area contributed by atoms with Crippen molar-refractivity contribution in [2.24, 2.45) is 0 Å². The molecule has 0 aliphatic carbocycles. The summed E-state index contributed by atoms with van der Waals surface area (Å²) in [7, 11) is 0. The monoisotopic (exact) mass is 227 g/mol. The van der Waals surface area contributed by atoms with Gasteiger partial charge in [-0.05, 0) is 0 Å². The van der Waals surface area contributed by atoms with Crippen LogP contribution in [0.1, 0.15) is 5.69 Å². The van der Waals surface area contributed by atoms with Crippen molar-refractivity contribution < 1.29 is 62.9 Å². The summed E-state index contributed by atoms with van der Waals surface area (Å²) < 4.78 is 0.714. The molecular weight excluding hydrogens is 223 g/mol. The molecule has 0 unspecified atom stereocenters. The molecule has 0 aliphatic rings. The number of rotatable bonds is 0. The maximum atomic E-state index is 10.6. The number of hydrogen-bond acceptors (Lipinski definition) is 1. The summed E-state index contributed by atoms with van der Waals surface area (Å²) in [5.41, 5.74) is 0.488. The molecule has 0 atom stereocenters. The molecule has 1 heterocycles. The molecule has 1 rings (SSSR count). The van der Waals surface area contributed by atoms with Crippen LogP contribution >= 0.6 is 11.6 Å². The van der Waals surface area contributed by atoms with Crippen LogP contribution in [0, 0.1) is 18.2 Å². The van der Waals surface area contributed by atoms with E-state index >= 15 is 0 Å². The van der Waals surface area contributed by atoms with E-state index in [-0.39, 0.29) is 58.2 Å². The van der Waals surface area contributed by atoms with E-state index in [0.29, 0.717) is 15.4 Å². The van der Waals surface area contributed by atoms with Gasteiger partial charge < -0.3 is 5.21 Å². The molecule has 0 bridgehead atoms. The molecule has 10 heavy (non-hydrogen) atoms. The zero-order chi connectivity index (χ0) is 6.85. The maximum Gasteiger partial charge on any atom is 1.00 e. The second-order valence-electron chi connectivity index (χ2n) is 1.70. The first-order chi connectivity index (χ1) is 4.20. The Morgan fingerprint density at radius 1 is 1.70 bits per heavy atom. The fourth-order valence-corrected chi connectivity index (χ4v) is 0.708. The second kappa shape index (κ2) is 4.83. The fourth-order valence-electron chi connectivity index (χ4n) is 0.515. The fraction of sp³-hybridized carbons (Fsp3) is 0.167. The van der Waals surface area contributed by atoms with Crippen LogP contribution in [0.2, 0.25) is 5.02 Å². The molecule has 0 spiro atoms. The predicted octanol–water partition coefficient (Wildman–Crippen LogP) is -1.91. The van der Waals surface area contributed by atoms with Gasteiger partial charge in [-0.25, -0.2) is 4.73 Å². The minimum atomic E-state index is 0. The molecule has 0 amide bonds. The zero-order valence-electron chi connectivity index (χ0n) is 5.89. The third-order valence-electron chi connectivity index (χ3n) is 0.987. The summed E-state index contributed by atoms with van der Waals surface area (Å²) in [5.74, 6) is 0. The van der Waals surface area contributed by atoms with Crippen molar-refractivity contribution in [3.05, 3.63) is 34.3 Å². The van der Waals surface area contributed by atoms with Gasteiger partial charge in [-0.15, -0.1) is 22.7 Å². The standard InChI is InChI=1S/C6H5ClNO.Rb/c1-5-4-6(7)2-3-8(5)9;/h2-3H,1H3;/q-1;+1. The van der Waals surface area contributed by atoms with E-state index in [0.717, 1.165) is 0 Å². The molecule has 1 aromatic heterocycles. The summed E-state index contributed by atoms with van der Waals surface area (Å²) in [6.45, 7) is 1.65. The summed E-state index contributed by atoms with van der Waals surface area (Å²) in [4.78, 5) is 0. The van der Waals surface area contributed by atoms with Crippen LogP contribution in [0.4, 0.5) is 0 Å². The van der Waals surface area contributed by atoms with Crippen LogP contribution in [0.15, 0.2) is 12.3 Å². The molecule has 48 valence electrons. The zero-order valence-corrected chi connectivity index (χ0v) is 11.6. The van der Waals surface area contributed by atoms with Gasteiger partial charge in [0, 0.05) is 6.92 Å². The minimum absolute atomic E-state index is 0. The molecule has 0 fully saturated rings. The first kappa shape index (κ1) is 11.0. The molecule has 0 radical (unpaired) electrons. The number of aryl methyl sites for hydroxylation is 1. The average molecular weight is 228 g/mol. The molecule has 0 N–H and O–H groups in total. The Morgan fingerprint density at radius 3 is 2.70 bits per heavy atom. The van der Waals surface area contributed by atoms with E-state index in [1.165, 1.54) is 12.3 Å². The van der Waals surface area contributed by atoms with Gasteiger partial charge >= 0.3 is 58.2 Å². The van der Waals surface area contributed by atoms with E-state index in [1.54, 1.807) is 6.92 Å². The van der Waals surface area contributed by atoms with Crippen LogP contribution in [0.25, 0.3) is 0 Å². The first-order valence-electron chi connectivity index (χ1n) is 2.48. The van der Waals surface area contributed by atoms with Gasteiger partial charge in [-0.3, -0.25) is 0 Å². The molecule has 0 saturated carbocycles. The Morgan fingerprint density at radius 2 is 2.30 bits per heavy atom. The van der Waals surface area contributed by atoms with Crippen molar-refractivity contribution in [3.8, 4) is 0 Å². The molecule has 0 saturated heterocycles. The summed E-state index contributed by atoms with van der Waals surface area (Å²) in [6, 6.07) is 4.16. The van der Waals surface area contributed by atoms with Crippen molar-refractivity contribution in [3.63, 3.8) is 0 Å². The number of aromatic nitrogens is 1. The van der Waals surface area contributed by atoms with Gasteiger partial charge in [0.15, 0.2) is 0 Å². The van der Waals surface area contributed by atoms with E-state index in [2.05, 4.69) is 6.07 Å². The number of nitrogens with zero attached hydrogens (tertiary/aromatic N) is 1. The molecule has 1 aromatic rings. The third-order valence-corrected chi connectivity index (χ3v) is 1.21. The van der Waals surface area contributed by atoms with Crippen LogP contribution in [0.5, 0.6) is 0 Å². The van der Waals surface area contributed by atoms with E-state index in [9.17, 15) is 5.21 Å². The van der Waals surface area contributed by atoms with Gasteiger partial charge in [0.1, 0.15) is 11.9 Å². The van der Waals surface area contributed by atoms with Gasteiger partial charge in [-0.2, -0.15) is 6.07 Å². The SMILES string of the molecule is Cc1[c-]c(Cl)cc[n+]1[O-].[Rb+]. The largest absolute Gasteiger partial charge is 1.00 e. The Hall–Kier alpha value is 1.05. The molecule has 0 aromatic carbocycles. The first-order valence-corrected chi connectivity index (χ1v) is 2.85. The van der Waals surface area contributed by atoms with Crippen molar-refractivity contribution >= 4 is 11.6 Å². The quantitative estimate of drug-likeness (QED) is 0.289. The van der Waals surface area contributed by atoms with Crippen molar-refractivity contribution in [1.82, 2.24) is 0 Å². The average Bonchev–Trinajstić information content (AvgIpc) is 1.80. The number of hydrogen-bond donors (Lipinski definition) is 0. The van der Waals surface area contributed by atoms with Crippen LogP contribution in [-0.4, -0.2) is 0 Å². The number of pyridine rings is 1. The van der Waals surface area contributed by atoms with Gasteiger partial charge in [0.05, 0.1) is 0 Å². The minimum Gasteiger partial charge on any atom is -0.621 e. The van der Waals surface area contributed by atoms with Gasteiger partial charge in [-0.1, -0.05) is 0 Å². The van der Waals surface area contributed by atoms with Crippen LogP contribution in [0.3, 0.4) is 0 Å². The summed E-state index contributed by atoms with van der Waals surface area (Å²) in [5, 5.41) is 11.1.